The fourth-order valence-corrected chi connectivity index (χ4v) is 2.31. The summed E-state index contributed by atoms with van der Waals surface area (Å²) < 4.78 is 4.98. The summed E-state index contributed by atoms with van der Waals surface area (Å²) in [4.78, 5) is 47.6. The number of hydrazine groups is 1. The highest BCUT2D eigenvalue weighted by Gasteiger charge is 2.19. The number of carbonyl (C=O) groups excluding carboxylic acids is 4. The third-order valence-electron chi connectivity index (χ3n) is 3.74. The number of hydrogen-bond donors (Lipinski definition) is 2. The molecule has 28 heavy (non-hydrogen) atoms. The Hall–Kier alpha value is -3.19. The Bertz CT molecular complexity index is 853. The minimum atomic E-state index is -1.13. The average Bonchev–Trinajstić information content (AvgIpc) is 2.71. The molecule has 2 aromatic carbocycles. The molecule has 0 radical (unpaired) electrons. The van der Waals surface area contributed by atoms with E-state index in [2.05, 4.69) is 10.9 Å². The predicted molar refractivity (Wildman–Crippen MR) is 103 cm³/mol. The Balaban J connectivity index is 1.73. The average molecular weight is 403 g/mol. The number of benzene rings is 2. The number of halogens is 1. The smallest absolute Gasteiger partial charge is 0.307 e. The van der Waals surface area contributed by atoms with Crippen LogP contribution in [0.4, 0.5) is 0 Å². The number of ketones is 1. The Morgan fingerprint density at radius 1 is 0.893 bits per heavy atom. The molecule has 0 aliphatic heterocycles. The van der Waals surface area contributed by atoms with Crippen molar-refractivity contribution in [2.45, 2.75) is 25.9 Å². The molecule has 0 saturated heterocycles. The Morgan fingerprint density at radius 2 is 1.54 bits per heavy atom. The summed E-state index contributed by atoms with van der Waals surface area (Å²) in [5.41, 5.74) is 5.23. The fraction of sp³-hybridized carbons (Fsp3) is 0.200. The molecule has 0 aromatic heterocycles. The Morgan fingerprint density at radius 3 is 2.18 bits per heavy atom. The lowest BCUT2D eigenvalue weighted by atomic mass is 10.1. The number of hydrogen-bond acceptors (Lipinski definition) is 5. The van der Waals surface area contributed by atoms with Crippen LogP contribution in [0.25, 0.3) is 0 Å². The van der Waals surface area contributed by atoms with Gasteiger partial charge in [-0.2, -0.15) is 0 Å². The summed E-state index contributed by atoms with van der Waals surface area (Å²) in [5.74, 6) is -2.12. The minimum absolute atomic E-state index is 0.0560. The van der Waals surface area contributed by atoms with E-state index in [4.69, 9.17) is 16.3 Å². The third kappa shape index (κ3) is 6.51. The van der Waals surface area contributed by atoms with Crippen molar-refractivity contribution in [3.8, 4) is 0 Å². The van der Waals surface area contributed by atoms with Crippen LogP contribution in [0.1, 0.15) is 40.5 Å². The molecule has 0 saturated carbocycles. The number of Topliss-reactive ketones (excluding diaryl/α,β-unsaturated/α-hetero) is 1. The monoisotopic (exact) mass is 402 g/mol. The van der Waals surface area contributed by atoms with E-state index >= 15 is 0 Å². The maximum atomic E-state index is 12.0. The fourth-order valence-electron chi connectivity index (χ4n) is 2.19. The van der Waals surface area contributed by atoms with Crippen LogP contribution in [-0.4, -0.2) is 29.7 Å². The standard InChI is InChI=1S/C20H19ClN2O5/c1-13(19(26)22-23-20(27)15-5-3-2-4-6-15)28-18(25)12-11-17(24)14-7-9-16(21)10-8-14/h2-10,13H,11-12H2,1H3,(H,22,26)(H,23,27)/t13-/m1/s1. The molecule has 0 fully saturated rings. The quantitative estimate of drug-likeness (QED) is 0.421. The second-order valence-corrected chi connectivity index (χ2v) is 6.31. The lowest BCUT2D eigenvalue weighted by molar-refractivity contribution is -0.155. The summed E-state index contributed by atoms with van der Waals surface area (Å²) in [6.07, 6.45) is -1.36. The first kappa shape index (κ1) is 21.1. The van der Waals surface area contributed by atoms with Crippen LogP contribution in [0.3, 0.4) is 0 Å². The topological polar surface area (TPSA) is 102 Å². The van der Waals surface area contributed by atoms with Gasteiger partial charge in [0.2, 0.25) is 0 Å². The van der Waals surface area contributed by atoms with Gasteiger partial charge in [0.1, 0.15) is 0 Å². The van der Waals surface area contributed by atoms with Gasteiger partial charge in [0, 0.05) is 22.6 Å². The van der Waals surface area contributed by atoms with Crippen LogP contribution in [0.2, 0.25) is 5.02 Å². The molecule has 0 heterocycles. The van der Waals surface area contributed by atoms with Gasteiger partial charge in [-0.3, -0.25) is 30.0 Å². The Labute approximate surface area is 167 Å². The summed E-state index contributed by atoms with van der Waals surface area (Å²) in [7, 11) is 0. The highest BCUT2D eigenvalue weighted by atomic mass is 35.5. The van der Waals surface area contributed by atoms with E-state index in [1.807, 2.05) is 0 Å². The summed E-state index contributed by atoms with van der Waals surface area (Å²) in [6, 6.07) is 14.6. The van der Waals surface area contributed by atoms with Gasteiger partial charge in [-0.05, 0) is 43.3 Å². The van der Waals surface area contributed by atoms with Gasteiger partial charge in [0.15, 0.2) is 11.9 Å². The molecule has 0 bridgehead atoms. The van der Waals surface area contributed by atoms with E-state index in [1.165, 1.54) is 6.92 Å². The van der Waals surface area contributed by atoms with Crippen molar-refractivity contribution in [2.75, 3.05) is 0 Å². The largest absolute Gasteiger partial charge is 0.452 e. The molecule has 2 amide bonds. The van der Waals surface area contributed by atoms with Gasteiger partial charge in [-0.1, -0.05) is 29.8 Å². The zero-order valence-corrected chi connectivity index (χ0v) is 15.9. The van der Waals surface area contributed by atoms with E-state index in [0.29, 0.717) is 16.1 Å². The van der Waals surface area contributed by atoms with Crippen molar-refractivity contribution in [1.82, 2.24) is 10.9 Å². The molecule has 0 unspecified atom stereocenters. The predicted octanol–water partition coefficient (Wildman–Crippen LogP) is 2.70. The molecular weight excluding hydrogens is 384 g/mol. The molecule has 7 nitrogen and oxygen atoms in total. The van der Waals surface area contributed by atoms with Gasteiger partial charge in [-0.25, -0.2) is 0 Å². The lowest BCUT2D eigenvalue weighted by Crippen LogP contribution is -2.46. The lowest BCUT2D eigenvalue weighted by Gasteiger charge is -2.14. The van der Waals surface area contributed by atoms with Crippen molar-refractivity contribution in [3.63, 3.8) is 0 Å². The van der Waals surface area contributed by atoms with Crippen molar-refractivity contribution >= 4 is 35.2 Å². The molecule has 0 aliphatic carbocycles. The normalized spacial score (nSPS) is 11.2. The molecule has 8 heteroatoms. The van der Waals surface area contributed by atoms with E-state index in [-0.39, 0.29) is 18.6 Å². The van der Waals surface area contributed by atoms with Crippen LogP contribution >= 0.6 is 11.6 Å². The summed E-state index contributed by atoms with van der Waals surface area (Å²) >= 11 is 5.76. The molecule has 2 rings (SSSR count). The van der Waals surface area contributed by atoms with Crippen LogP contribution in [0.5, 0.6) is 0 Å². The summed E-state index contributed by atoms with van der Waals surface area (Å²) in [6.45, 7) is 1.36. The van der Waals surface area contributed by atoms with Crippen molar-refractivity contribution < 1.29 is 23.9 Å². The first-order chi connectivity index (χ1) is 13.4. The van der Waals surface area contributed by atoms with Gasteiger partial charge >= 0.3 is 5.97 Å². The van der Waals surface area contributed by atoms with E-state index in [0.717, 1.165) is 0 Å². The minimum Gasteiger partial charge on any atom is -0.452 e. The molecule has 2 N–H and O–H groups in total. The van der Waals surface area contributed by atoms with E-state index < -0.39 is 23.9 Å². The second kappa shape index (κ2) is 10.2. The van der Waals surface area contributed by atoms with Crippen LogP contribution < -0.4 is 10.9 Å². The highest BCUT2D eigenvalue weighted by Crippen LogP contribution is 2.12. The first-order valence-corrected chi connectivity index (χ1v) is 8.88. The number of amides is 2. The number of ether oxygens (including phenoxy) is 1. The summed E-state index contributed by atoms with van der Waals surface area (Å²) in [5, 5.41) is 0.509. The van der Waals surface area contributed by atoms with Gasteiger partial charge in [-0.15, -0.1) is 0 Å². The Kier molecular flexibility index (Phi) is 7.71. The highest BCUT2D eigenvalue weighted by molar-refractivity contribution is 6.30. The maximum Gasteiger partial charge on any atom is 0.307 e. The number of carbonyl (C=O) groups is 4. The number of nitrogens with one attached hydrogen (secondary N) is 2. The van der Waals surface area contributed by atoms with E-state index in [9.17, 15) is 19.2 Å². The zero-order chi connectivity index (χ0) is 20.5. The SMILES string of the molecule is C[C@@H](OC(=O)CCC(=O)c1ccc(Cl)cc1)C(=O)NNC(=O)c1ccccc1. The molecule has 2 aromatic rings. The van der Waals surface area contributed by atoms with Gasteiger partial charge < -0.3 is 4.74 Å². The van der Waals surface area contributed by atoms with Crippen molar-refractivity contribution in [1.29, 1.82) is 0 Å². The molecule has 146 valence electrons. The molecule has 0 aliphatic rings. The third-order valence-corrected chi connectivity index (χ3v) is 3.99. The molecule has 0 spiro atoms. The van der Waals surface area contributed by atoms with Gasteiger partial charge in [0.05, 0.1) is 6.42 Å². The van der Waals surface area contributed by atoms with Gasteiger partial charge in [0.25, 0.3) is 11.8 Å². The van der Waals surface area contributed by atoms with Crippen LogP contribution in [0.15, 0.2) is 54.6 Å². The maximum absolute atomic E-state index is 12.0. The van der Waals surface area contributed by atoms with E-state index in [1.54, 1.807) is 54.6 Å². The molecular formula is C20H19ClN2O5. The molecule has 1 atom stereocenters. The van der Waals surface area contributed by atoms with Crippen LogP contribution in [-0.2, 0) is 14.3 Å². The zero-order valence-electron chi connectivity index (χ0n) is 15.1. The number of rotatable bonds is 7. The van der Waals surface area contributed by atoms with Crippen molar-refractivity contribution in [2.24, 2.45) is 0 Å². The first-order valence-electron chi connectivity index (χ1n) is 8.50. The van der Waals surface area contributed by atoms with Crippen LogP contribution in [0, 0.1) is 0 Å². The number of esters is 1. The van der Waals surface area contributed by atoms with Crippen molar-refractivity contribution in [3.05, 3.63) is 70.7 Å². The second-order valence-electron chi connectivity index (χ2n) is 5.87.